The van der Waals surface area contributed by atoms with Crippen molar-refractivity contribution in [1.29, 1.82) is 0 Å². The third-order valence-corrected chi connectivity index (χ3v) is 3.12. The quantitative estimate of drug-likeness (QED) is 0.643. The van der Waals surface area contributed by atoms with Crippen LogP contribution in [0.2, 0.25) is 0 Å². The van der Waals surface area contributed by atoms with E-state index in [1.807, 2.05) is 30.3 Å². The van der Waals surface area contributed by atoms with Gasteiger partial charge in [0.15, 0.2) is 5.65 Å². The van der Waals surface area contributed by atoms with Gasteiger partial charge in [-0.05, 0) is 5.56 Å². The first-order valence-electron chi connectivity index (χ1n) is 6.40. The van der Waals surface area contributed by atoms with E-state index < -0.39 is 0 Å². The highest BCUT2D eigenvalue weighted by molar-refractivity contribution is 5.79. The molecular formula is C14H13N5O2. The molecule has 0 atom stereocenters. The summed E-state index contributed by atoms with van der Waals surface area (Å²) in [5.74, 6) is -0.133. The minimum Gasteiger partial charge on any atom is -0.493 e. The molecule has 3 aromatic rings. The van der Waals surface area contributed by atoms with Gasteiger partial charge in [-0.15, -0.1) is 0 Å². The second-order valence-electron chi connectivity index (χ2n) is 4.55. The lowest BCUT2D eigenvalue weighted by Crippen LogP contribution is -2.16. The minimum atomic E-state index is -0.381. The van der Waals surface area contributed by atoms with Crippen molar-refractivity contribution in [3.8, 4) is 5.88 Å². The maximum Gasteiger partial charge on any atom is 0.228 e. The van der Waals surface area contributed by atoms with E-state index in [1.54, 1.807) is 0 Å². The molecule has 106 valence electrons. The lowest BCUT2D eigenvalue weighted by Gasteiger charge is -2.05. The van der Waals surface area contributed by atoms with Gasteiger partial charge in [-0.25, -0.2) is 4.98 Å². The van der Waals surface area contributed by atoms with Gasteiger partial charge in [-0.1, -0.05) is 30.3 Å². The van der Waals surface area contributed by atoms with E-state index >= 15 is 0 Å². The molecule has 3 rings (SSSR count). The average molecular weight is 283 g/mol. The number of nitrogens with two attached hydrogens (primary N) is 1. The van der Waals surface area contributed by atoms with E-state index in [-0.39, 0.29) is 34.7 Å². The van der Waals surface area contributed by atoms with Gasteiger partial charge in [0.2, 0.25) is 11.3 Å². The van der Waals surface area contributed by atoms with Crippen LogP contribution in [0.3, 0.4) is 0 Å². The lowest BCUT2D eigenvalue weighted by molar-refractivity contribution is 0.455. The molecule has 0 fully saturated rings. The Morgan fingerprint density at radius 3 is 2.67 bits per heavy atom. The highest BCUT2D eigenvalue weighted by atomic mass is 16.3. The fraction of sp³-hybridized carbons (Fsp3) is 0.143. The van der Waals surface area contributed by atoms with E-state index in [0.717, 1.165) is 5.56 Å². The van der Waals surface area contributed by atoms with Gasteiger partial charge in [-0.3, -0.25) is 9.89 Å². The molecule has 0 aliphatic carbocycles. The number of hydrogen-bond acceptors (Lipinski definition) is 6. The summed E-state index contributed by atoms with van der Waals surface area (Å²) >= 11 is 0. The smallest absolute Gasteiger partial charge is 0.228 e. The van der Waals surface area contributed by atoms with E-state index in [2.05, 4.69) is 20.2 Å². The van der Waals surface area contributed by atoms with Gasteiger partial charge in [0.25, 0.3) is 0 Å². The van der Waals surface area contributed by atoms with Crippen LogP contribution in [-0.4, -0.2) is 25.3 Å². The first-order valence-corrected chi connectivity index (χ1v) is 6.40. The van der Waals surface area contributed by atoms with Crippen LogP contribution in [0.4, 0.5) is 0 Å². The van der Waals surface area contributed by atoms with Gasteiger partial charge < -0.3 is 10.8 Å². The highest BCUT2D eigenvalue weighted by Gasteiger charge is 2.14. The Bertz CT molecular complexity index is 845. The molecule has 0 aliphatic rings. The second-order valence-corrected chi connectivity index (χ2v) is 4.55. The van der Waals surface area contributed by atoms with Crippen molar-refractivity contribution in [3.63, 3.8) is 0 Å². The Hall–Kier alpha value is -2.80. The van der Waals surface area contributed by atoms with Crippen LogP contribution in [0.25, 0.3) is 11.0 Å². The van der Waals surface area contributed by atoms with Crippen LogP contribution in [0.15, 0.2) is 35.1 Å². The Labute approximate surface area is 119 Å². The van der Waals surface area contributed by atoms with E-state index in [0.29, 0.717) is 12.1 Å². The van der Waals surface area contributed by atoms with Crippen LogP contribution in [0, 0.1) is 0 Å². The number of aromatic hydroxyl groups is 1. The van der Waals surface area contributed by atoms with Crippen molar-refractivity contribution in [3.05, 3.63) is 57.6 Å². The summed E-state index contributed by atoms with van der Waals surface area (Å²) in [6.07, 6.45) is 0.365. The molecule has 0 amide bonds. The first-order chi connectivity index (χ1) is 10.2. The highest BCUT2D eigenvalue weighted by Crippen LogP contribution is 2.16. The minimum absolute atomic E-state index is 0.0353. The number of nitrogens with zero attached hydrogens (tertiary/aromatic N) is 3. The SMILES string of the molecule is NCc1nc(O)c2c(=O)c(Cc3ccccc3)n[nH]c2n1. The second kappa shape index (κ2) is 5.29. The number of H-pyrrole nitrogens is 1. The third-order valence-electron chi connectivity index (χ3n) is 3.12. The van der Waals surface area contributed by atoms with Crippen LogP contribution in [0.1, 0.15) is 17.1 Å². The molecule has 0 bridgehead atoms. The molecule has 0 radical (unpaired) electrons. The largest absolute Gasteiger partial charge is 0.493 e. The Balaban J connectivity index is 2.12. The molecular weight excluding hydrogens is 270 g/mol. The molecule has 0 spiro atoms. The summed E-state index contributed by atoms with van der Waals surface area (Å²) in [6.45, 7) is 0.0668. The van der Waals surface area contributed by atoms with Crippen molar-refractivity contribution < 1.29 is 5.11 Å². The standard InChI is InChI=1S/C14H13N5O2/c15-7-10-16-13-11(14(21)17-10)12(20)9(18-19-13)6-8-4-2-1-3-5-8/h1-5H,6-7,15H2,(H2,16,17,19,20,21). The van der Waals surface area contributed by atoms with Gasteiger partial charge in [0, 0.05) is 6.42 Å². The normalized spacial score (nSPS) is 10.9. The maximum absolute atomic E-state index is 12.4. The predicted molar refractivity (Wildman–Crippen MR) is 76.8 cm³/mol. The van der Waals surface area contributed by atoms with Gasteiger partial charge >= 0.3 is 0 Å². The van der Waals surface area contributed by atoms with Crippen molar-refractivity contribution in [2.24, 2.45) is 5.73 Å². The number of rotatable bonds is 3. The van der Waals surface area contributed by atoms with E-state index in [4.69, 9.17) is 5.73 Å². The molecule has 1 aromatic carbocycles. The molecule has 0 saturated heterocycles. The number of benzene rings is 1. The molecule has 4 N–H and O–H groups in total. The number of aromatic nitrogens is 4. The number of nitrogens with one attached hydrogen (secondary N) is 1. The van der Waals surface area contributed by atoms with Gasteiger partial charge in [-0.2, -0.15) is 10.1 Å². The fourth-order valence-electron chi connectivity index (χ4n) is 2.10. The number of hydrogen-bond donors (Lipinski definition) is 3. The Morgan fingerprint density at radius 2 is 1.95 bits per heavy atom. The average Bonchev–Trinajstić information content (AvgIpc) is 2.50. The van der Waals surface area contributed by atoms with Crippen molar-refractivity contribution >= 4 is 11.0 Å². The van der Waals surface area contributed by atoms with Crippen molar-refractivity contribution in [2.45, 2.75) is 13.0 Å². The van der Waals surface area contributed by atoms with Crippen LogP contribution < -0.4 is 11.2 Å². The summed E-state index contributed by atoms with van der Waals surface area (Å²) in [5, 5.41) is 16.7. The summed E-state index contributed by atoms with van der Waals surface area (Å²) in [7, 11) is 0. The molecule has 7 nitrogen and oxygen atoms in total. The van der Waals surface area contributed by atoms with Crippen LogP contribution in [-0.2, 0) is 13.0 Å². The van der Waals surface area contributed by atoms with Crippen molar-refractivity contribution in [1.82, 2.24) is 20.2 Å². The Morgan fingerprint density at radius 1 is 1.19 bits per heavy atom. The summed E-state index contributed by atoms with van der Waals surface area (Å²) in [4.78, 5) is 20.2. The van der Waals surface area contributed by atoms with Gasteiger partial charge in [0.05, 0.1) is 6.54 Å². The molecule has 2 heterocycles. The monoisotopic (exact) mass is 283 g/mol. The Kier molecular flexibility index (Phi) is 3.33. The number of aromatic amines is 1. The van der Waals surface area contributed by atoms with E-state index in [1.165, 1.54) is 0 Å². The van der Waals surface area contributed by atoms with Crippen LogP contribution in [0.5, 0.6) is 5.88 Å². The lowest BCUT2D eigenvalue weighted by atomic mass is 10.1. The summed E-state index contributed by atoms with van der Waals surface area (Å²) < 4.78 is 0. The molecule has 7 heteroatoms. The number of fused-ring (bicyclic) bond motifs is 1. The molecule has 0 aliphatic heterocycles. The van der Waals surface area contributed by atoms with E-state index in [9.17, 15) is 9.90 Å². The fourth-order valence-corrected chi connectivity index (χ4v) is 2.10. The molecule has 0 unspecified atom stereocenters. The van der Waals surface area contributed by atoms with Gasteiger partial charge in [0.1, 0.15) is 16.9 Å². The maximum atomic E-state index is 12.4. The predicted octanol–water partition coefficient (Wildman–Crippen LogP) is 0.468. The first kappa shape index (κ1) is 13.2. The third kappa shape index (κ3) is 2.46. The summed E-state index contributed by atoms with van der Waals surface area (Å²) in [5.41, 5.74) is 6.49. The topological polar surface area (TPSA) is 118 Å². The molecule has 21 heavy (non-hydrogen) atoms. The van der Waals surface area contributed by atoms with Crippen molar-refractivity contribution in [2.75, 3.05) is 0 Å². The zero-order chi connectivity index (χ0) is 14.8. The molecule has 0 saturated carbocycles. The zero-order valence-electron chi connectivity index (χ0n) is 11.1. The zero-order valence-corrected chi connectivity index (χ0v) is 11.1. The molecule has 2 aromatic heterocycles. The van der Waals surface area contributed by atoms with Crippen LogP contribution >= 0.6 is 0 Å². The summed E-state index contributed by atoms with van der Waals surface area (Å²) in [6, 6.07) is 9.48.